The summed E-state index contributed by atoms with van der Waals surface area (Å²) in [5, 5.41) is 2.99. The molecule has 4 heteroatoms. The first-order chi connectivity index (χ1) is 12.6. The van der Waals surface area contributed by atoms with Crippen molar-refractivity contribution in [2.24, 2.45) is 11.7 Å². The van der Waals surface area contributed by atoms with Gasteiger partial charge >= 0.3 is 0 Å². The number of carbonyl (C=O) groups is 1. The lowest BCUT2D eigenvalue weighted by atomic mass is 9.92. The zero-order chi connectivity index (χ0) is 18.5. The summed E-state index contributed by atoms with van der Waals surface area (Å²) in [5.74, 6) is 0.232. The van der Waals surface area contributed by atoms with Crippen LogP contribution in [0.3, 0.4) is 0 Å². The van der Waals surface area contributed by atoms with Crippen molar-refractivity contribution in [3.05, 3.63) is 47.8 Å². The van der Waals surface area contributed by atoms with Crippen LogP contribution in [-0.2, 0) is 4.79 Å². The van der Waals surface area contributed by atoms with Gasteiger partial charge in [0, 0.05) is 23.1 Å². The number of hydrogen-bond acceptors (Lipinski definition) is 3. The molecule has 1 aromatic heterocycles. The van der Waals surface area contributed by atoms with Gasteiger partial charge in [-0.05, 0) is 61.9 Å². The van der Waals surface area contributed by atoms with Gasteiger partial charge < -0.3 is 11.1 Å². The summed E-state index contributed by atoms with van der Waals surface area (Å²) in [6.45, 7) is 4.11. The van der Waals surface area contributed by atoms with Crippen LogP contribution in [0.5, 0.6) is 0 Å². The fourth-order valence-corrected chi connectivity index (χ4v) is 3.96. The van der Waals surface area contributed by atoms with Crippen LogP contribution >= 0.6 is 0 Å². The Hall–Kier alpha value is -2.20. The number of rotatable bonds is 4. The van der Waals surface area contributed by atoms with Crippen molar-refractivity contribution in [2.75, 3.05) is 5.32 Å². The lowest BCUT2D eigenvalue weighted by Gasteiger charge is -2.21. The largest absolute Gasteiger partial charge is 0.325 e. The highest BCUT2D eigenvalue weighted by Crippen LogP contribution is 2.28. The monoisotopic (exact) mass is 351 g/mol. The number of nitrogens with two attached hydrogens (primary N) is 1. The van der Waals surface area contributed by atoms with Gasteiger partial charge in [-0.25, -0.2) is 0 Å². The van der Waals surface area contributed by atoms with Crippen LogP contribution in [0.15, 0.2) is 36.5 Å². The predicted octanol–water partition coefficient (Wildman–Crippen LogP) is 4.60. The Morgan fingerprint density at radius 3 is 2.35 bits per heavy atom. The molecule has 1 aromatic carbocycles. The number of nitrogens with one attached hydrogen (secondary N) is 1. The molecule has 1 aliphatic carbocycles. The average molecular weight is 351 g/mol. The number of hydrogen-bond donors (Lipinski definition) is 2. The molecule has 1 saturated carbocycles. The van der Waals surface area contributed by atoms with Crippen molar-refractivity contribution in [2.45, 2.75) is 58.4 Å². The van der Waals surface area contributed by atoms with E-state index in [0.29, 0.717) is 5.92 Å². The van der Waals surface area contributed by atoms with Crippen LogP contribution in [0, 0.1) is 19.8 Å². The van der Waals surface area contributed by atoms with Gasteiger partial charge in [-0.3, -0.25) is 9.78 Å². The number of amides is 1. The number of aryl methyl sites for hydroxylation is 2. The fraction of sp³-hybridized carbons (Fsp3) is 0.455. The lowest BCUT2D eigenvalue weighted by molar-refractivity contribution is -0.118. The van der Waals surface area contributed by atoms with E-state index in [0.717, 1.165) is 35.3 Å². The topological polar surface area (TPSA) is 68.0 Å². The van der Waals surface area contributed by atoms with Crippen molar-refractivity contribution in [1.82, 2.24) is 4.98 Å². The number of nitrogens with zero attached hydrogens (tertiary/aromatic N) is 1. The highest BCUT2D eigenvalue weighted by Gasteiger charge is 2.25. The molecule has 0 radical (unpaired) electrons. The minimum Gasteiger partial charge on any atom is -0.325 e. The van der Waals surface area contributed by atoms with Crippen molar-refractivity contribution < 1.29 is 4.79 Å². The Morgan fingerprint density at radius 2 is 1.73 bits per heavy atom. The van der Waals surface area contributed by atoms with Crippen LogP contribution in [0.4, 0.5) is 5.69 Å². The van der Waals surface area contributed by atoms with E-state index in [2.05, 4.69) is 17.2 Å². The zero-order valence-corrected chi connectivity index (χ0v) is 15.8. The van der Waals surface area contributed by atoms with Gasteiger partial charge in [-0.1, -0.05) is 37.8 Å². The van der Waals surface area contributed by atoms with Gasteiger partial charge in [0.25, 0.3) is 0 Å². The Morgan fingerprint density at radius 1 is 1.08 bits per heavy atom. The van der Waals surface area contributed by atoms with Crippen LogP contribution < -0.4 is 11.1 Å². The maximum atomic E-state index is 12.5. The highest BCUT2D eigenvalue weighted by molar-refractivity contribution is 5.95. The molecule has 4 nitrogen and oxygen atoms in total. The predicted molar refractivity (Wildman–Crippen MR) is 107 cm³/mol. The molecular weight excluding hydrogens is 322 g/mol. The molecule has 1 amide bonds. The Kier molecular flexibility index (Phi) is 6.04. The number of aromatic nitrogens is 1. The summed E-state index contributed by atoms with van der Waals surface area (Å²) in [4.78, 5) is 16.9. The second kappa shape index (κ2) is 8.45. The van der Waals surface area contributed by atoms with E-state index in [4.69, 9.17) is 5.73 Å². The maximum Gasteiger partial charge on any atom is 0.241 e. The smallest absolute Gasteiger partial charge is 0.241 e. The molecule has 138 valence electrons. The summed E-state index contributed by atoms with van der Waals surface area (Å²) in [6.07, 6.45) is 8.85. The third-order valence-electron chi connectivity index (χ3n) is 5.50. The molecule has 26 heavy (non-hydrogen) atoms. The van der Waals surface area contributed by atoms with Crippen molar-refractivity contribution in [1.29, 1.82) is 0 Å². The van der Waals surface area contributed by atoms with Gasteiger partial charge in [0.05, 0.1) is 6.04 Å². The molecule has 1 aliphatic rings. The van der Waals surface area contributed by atoms with Gasteiger partial charge in [0.15, 0.2) is 0 Å². The van der Waals surface area contributed by atoms with E-state index < -0.39 is 6.04 Å². The highest BCUT2D eigenvalue weighted by atomic mass is 16.2. The van der Waals surface area contributed by atoms with Crippen molar-refractivity contribution >= 4 is 11.6 Å². The molecule has 1 heterocycles. The first-order valence-corrected chi connectivity index (χ1v) is 9.65. The SMILES string of the molecule is Cc1ccnc(C)c1-c1ccc(NC(=O)[C@@H](N)C2CCCCCC2)cc1. The third-order valence-corrected chi connectivity index (χ3v) is 5.50. The van der Waals surface area contributed by atoms with Gasteiger partial charge in [0.1, 0.15) is 0 Å². The normalized spacial score (nSPS) is 16.7. The van der Waals surface area contributed by atoms with E-state index in [1.807, 2.05) is 43.5 Å². The second-order valence-electron chi connectivity index (χ2n) is 7.43. The Balaban J connectivity index is 1.68. The third kappa shape index (κ3) is 4.31. The van der Waals surface area contributed by atoms with Crippen molar-refractivity contribution in [3.63, 3.8) is 0 Å². The number of benzene rings is 1. The summed E-state index contributed by atoms with van der Waals surface area (Å²) in [7, 11) is 0. The van der Waals surface area contributed by atoms with Gasteiger partial charge in [-0.15, -0.1) is 0 Å². The number of pyridine rings is 1. The maximum absolute atomic E-state index is 12.5. The van der Waals surface area contributed by atoms with Crippen LogP contribution in [0.1, 0.15) is 49.8 Å². The van der Waals surface area contributed by atoms with E-state index in [-0.39, 0.29) is 5.91 Å². The first-order valence-electron chi connectivity index (χ1n) is 9.65. The molecule has 0 aliphatic heterocycles. The minimum atomic E-state index is -0.421. The average Bonchev–Trinajstić information content (AvgIpc) is 2.91. The summed E-state index contributed by atoms with van der Waals surface area (Å²) < 4.78 is 0. The van der Waals surface area contributed by atoms with Crippen LogP contribution in [-0.4, -0.2) is 16.9 Å². The minimum absolute atomic E-state index is 0.0709. The molecule has 0 saturated heterocycles. The molecule has 0 spiro atoms. The second-order valence-corrected chi connectivity index (χ2v) is 7.43. The zero-order valence-electron chi connectivity index (χ0n) is 15.8. The van der Waals surface area contributed by atoms with E-state index in [1.54, 1.807) is 0 Å². The molecule has 2 aromatic rings. The lowest BCUT2D eigenvalue weighted by Crippen LogP contribution is -2.41. The molecule has 1 atom stereocenters. The van der Waals surface area contributed by atoms with Gasteiger partial charge in [-0.2, -0.15) is 0 Å². The standard InChI is InChI=1S/C22H29N3O/c1-15-13-14-24-16(2)20(15)17-9-11-19(12-10-17)25-22(26)21(23)18-7-5-3-4-6-8-18/h9-14,18,21H,3-8,23H2,1-2H3,(H,25,26)/t21-/m0/s1. The molecular formula is C22H29N3O. The van der Waals surface area contributed by atoms with Crippen LogP contribution in [0.25, 0.3) is 11.1 Å². The molecule has 3 N–H and O–H groups in total. The van der Waals surface area contributed by atoms with Gasteiger partial charge in [0.2, 0.25) is 5.91 Å². The van der Waals surface area contributed by atoms with Crippen molar-refractivity contribution in [3.8, 4) is 11.1 Å². The quantitative estimate of drug-likeness (QED) is 0.791. The molecule has 0 unspecified atom stereocenters. The fourth-order valence-electron chi connectivity index (χ4n) is 3.96. The Labute approximate surface area is 156 Å². The van der Waals surface area contributed by atoms with Crippen LogP contribution in [0.2, 0.25) is 0 Å². The molecule has 1 fully saturated rings. The number of carbonyl (C=O) groups excluding carboxylic acids is 1. The summed E-state index contributed by atoms with van der Waals surface area (Å²) in [6, 6.07) is 9.55. The molecule has 3 rings (SSSR count). The number of anilines is 1. The van der Waals surface area contributed by atoms with E-state index >= 15 is 0 Å². The summed E-state index contributed by atoms with van der Waals surface area (Å²) >= 11 is 0. The van der Waals surface area contributed by atoms with E-state index in [9.17, 15) is 4.79 Å². The Bertz CT molecular complexity index is 726. The summed E-state index contributed by atoms with van der Waals surface area (Å²) in [5.41, 5.74) is 11.5. The molecule has 0 bridgehead atoms. The van der Waals surface area contributed by atoms with E-state index in [1.165, 1.54) is 31.2 Å². The first kappa shape index (κ1) is 18.6.